The molecule has 0 saturated carbocycles. The van der Waals surface area contributed by atoms with Crippen LogP contribution < -0.4 is 0 Å². The van der Waals surface area contributed by atoms with Crippen LogP contribution in [0.5, 0.6) is 0 Å². The molecule has 9 nitrogen and oxygen atoms in total. The molecule has 0 aliphatic rings. The topological polar surface area (TPSA) is 108 Å². The zero-order chi connectivity index (χ0) is 48.4. The van der Waals surface area contributed by atoms with Crippen LogP contribution in [0.15, 0.2) is 48.6 Å². The highest BCUT2D eigenvalue weighted by molar-refractivity contribution is 5.71. The first-order valence-electron chi connectivity index (χ1n) is 27.3. The summed E-state index contributed by atoms with van der Waals surface area (Å²) in [6.45, 7) is 4.80. The molecule has 0 bridgehead atoms. The summed E-state index contributed by atoms with van der Waals surface area (Å²) in [5, 5.41) is 9.65. The van der Waals surface area contributed by atoms with Gasteiger partial charge in [-0.2, -0.15) is 0 Å². The normalized spacial score (nSPS) is 13.2. The van der Waals surface area contributed by atoms with E-state index in [1.54, 1.807) is 0 Å². The number of hydrogen-bond donors (Lipinski definition) is 1. The van der Waals surface area contributed by atoms with Gasteiger partial charge in [0.2, 0.25) is 0 Å². The molecule has 66 heavy (non-hydrogen) atoms. The van der Waals surface area contributed by atoms with Gasteiger partial charge in [0.05, 0.1) is 34.4 Å². The second-order valence-corrected chi connectivity index (χ2v) is 19.5. The summed E-state index contributed by atoms with van der Waals surface area (Å²) in [6.07, 6.45) is 56.3. The Morgan fingerprint density at radius 2 is 0.848 bits per heavy atom. The predicted octanol–water partition coefficient (Wildman–Crippen LogP) is 15.5. The molecular formula is C57H104NO8+. The second kappa shape index (κ2) is 48.7. The molecule has 9 heteroatoms. The number of carbonyl (C=O) groups is 3. The van der Waals surface area contributed by atoms with Crippen LogP contribution in [0, 0.1) is 0 Å². The molecule has 0 heterocycles. The predicted molar refractivity (Wildman–Crippen MR) is 277 cm³/mol. The molecule has 0 radical (unpaired) electrons. The molecule has 384 valence electrons. The fourth-order valence-corrected chi connectivity index (χ4v) is 7.55. The van der Waals surface area contributed by atoms with Crippen molar-refractivity contribution in [3.63, 3.8) is 0 Å². The number of rotatable bonds is 50. The van der Waals surface area contributed by atoms with Gasteiger partial charge in [-0.1, -0.05) is 204 Å². The molecule has 0 aromatic carbocycles. The van der Waals surface area contributed by atoms with Crippen molar-refractivity contribution >= 4 is 17.9 Å². The summed E-state index contributed by atoms with van der Waals surface area (Å²) in [4.78, 5) is 37.2. The maximum absolute atomic E-state index is 12.8. The van der Waals surface area contributed by atoms with Crippen LogP contribution in [0.3, 0.4) is 0 Å². The first kappa shape index (κ1) is 63.2. The molecule has 0 fully saturated rings. The standard InChI is InChI=1S/C57H103NO8/c1-6-8-10-12-14-16-18-19-20-21-22-23-24-25-26-27-28-29-30-31-32-33-34-35-36-37-38-40-42-44-46-48-55(60)66-53(52-65-57(56(61)62)63-50-49-58(3,4)5)51-64-54(59)47-45-43-41-39-17-15-13-11-9-7-2/h11,13,18-19,21-22,24-25,53,57H,6-10,12,14-17,20,23,26-52H2,1-5H3/p+1/b13-11-,19-18-,22-21-,25-24-. The number of unbranched alkanes of at least 4 members (excludes halogenated alkanes) is 27. The summed E-state index contributed by atoms with van der Waals surface area (Å²) in [6, 6.07) is 0. The van der Waals surface area contributed by atoms with Crippen LogP contribution in [0.2, 0.25) is 0 Å². The van der Waals surface area contributed by atoms with Crippen molar-refractivity contribution in [1.82, 2.24) is 0 Å². The van der Waals surface area contributed by atoms with Crippen molar-refractivity contribution in [2.45, 2.75) is 251 Å². The number of ether oxygens (including phenoxy) is 4. The van der Waals surface area contributed by atoms with Crippen LogP contribution in [0.4, 0.5) is 0 Å². The van der Waals surface area contributed by atoms with Crippen LogP contribution in [0.25, 0.3) is 0 Å². The van der Waals surface area contributed by atoms with Gasteiger partial charge in [-0.3, -0.25) is 9.59 Å². The lowest BCUT2D eigenvalue weighted by Crippen LogP contribution is -2.40. The summed E-state index contributed by atoms with van der Waals surface area (Å²) < 4.78 is 22.8. The Kier molecular flexibility index (Phi) is 46.7. The minimum atomic E-state index is -1.51. The average molecular weight is 931 g/mol. The lowest BCUT2D eigenvalue weighted by molar-refractivity contribution is -0.870. The smallest absolute Gasteiger partial charge is 0.361 e. The third kappa shape index (κ3) is 49.2. The number of allylic oxidation sites excluding steroid dienone is 8. The molecule has 0 rings (SSSR count). The van der Waals surface area contributed by atoms with Crippen molar-refractivity contribution in [3.05, 3.63) is 48.6 Å². The summed E-state index contributed by atoms with van der Waals surface area (Å²) in [5.41, 5.74) is 0. The SMILES string of the molecule is CCC/C=C\CCCCCCCC(=O)OCC(COC(OCC[N+](C)(C)C)C(=O)O)OC(=O)CCCCCCCCCCCCCCCCCC/C=C\C/C=C\C/C=C\CCCCCCC. The van der Waals surface area contributed by atoms with E-state index in [0.717, 1.165) is 77.0 Å². The van der Waals surface area contributed by atoms with Crippen LogP contribution in [-0.2, 0) is 33.3 Å². The van der Waals surface area contributed by atoms with E-state index >= 15 is 0 Å². The van der Waals surface area contributed by atoms with E-state index in [9.17, 15) is 19.5 Å². The van der Waals surface area contributed by atoms with Crippen molar-refractivity contribution in [2.75, 3.05) is 47.5 Å². The van der Waals surface area contributed by atoms with Gasteiger partial charge in [-0.05, 0) is 70.6 Å². The molecule has 2 unspecified atom stereocenters. The van der Waals surface area contributed by atoms with E-state index in [1.807, 2.05) is 21.1 Å². The Morgan fingerprint density at radius 1 is 0.455 bits per heavy atom. The summed E-state index contributed by atoms with van der Waals surface area (Å²) >= 11 is 0. The number of aliphatic carboxylic acids is 1. The van der Waals surface area contributed by atoms with Gasteiger partial charge in [0.1, 0.15) is 13.2 Å². The van der Waals surface area contributed by atoms with Crippen LogP contribution in [-0.4, -0.2) is 87.4 Å². The third-order valence-electron chi connectivity index (χ3n) is 11.8. The molecule has 0 aromatic heterocycles. The van der Waals surface area contributed by atoms with Gasteiger partial charge < -0.3 is 28.5 Å². The van der Waals surface area contributed by atoms with Gasteiger partial charge in [0.15, 0.2) is 6.10 Å². The largest absolute Gasteiger partial charge is 0.477 e. The average Bonchev–Trinajstić information content (AvgIpc) is 3.28. The summed E-state index contributed by atoms with van der Waals surface area (Å²) in [7, 11) is 5.96. The fourth-order valence-electron chi connectivity index (χ4n) is 7.55. The summed E-state index contributed by atoms with van der Waals surface area (Å²) in [5.74, 6) is -2.01. The first-order valence-corrected chi connectivity index (χ1v) is 27.3. The van der Waals surface area contributed by atoms with Crippen molar-refractivity contribution < 1.29 is 42.9 Å². The quantitative estimate of drug-likeness (QED) is 0.0211. The molecule has 0 saturated heterocycles. The second-order valence-electron chi connectivity index (χ2n) is 19.5. The Balaban J connectivity index is 4.09. The van der Waals surface area contributed by atoms with Gasteiger partial charge in [0, 0.05) is 12.8 Å². The molecule has 0 spiro atoms. The van der Waals surface area contributed by atoms with Crippen molar-refractivity contribution in [2.24, 2.45) is 0 Å². The molecule has 0 aliphatic heterocycles. The Hall–Kier alpha value is -2.75. The van der Waals surface area contributed by atoms with Gasteiger partial charge in [-0.15, -0.1) is 0 Å². The number of carboxylic acid groups (broad SMARTS) is 1. The molecule has 1 N–H and O–H groups in total. The Morgan fingerprint density at radius 3 is 1.29 bits per heavy atom. The van der Waals surface area contributed by atoms with E-state index in [-0.39, 0.29) is 32.2 Å². The van der Waals surface area contributed by atoms with Gasteiger partial charge in [-0.25, -0.2) is 4.79 Å². The van der Waals surface area contributed by atoms with E-state index < -0.39 is 24.3 Å². The van der Waals surface area contributed by atoms with Crippen LogP contribution in [0.1, 0.15) is 239 Å². The highest BCUT2D eigenvalue weighted by Crippen LogP contribution is 2.16. The van der Waals surface area contributed by atoms with Crippen molar-refractivity contribution in [3.8, 4) is 0 Å². The number of carbonyl (C=O) groups excluding carboxylic acids is 2. The maximum atomic E-state index is 12.8. The number of hydrogen-bond acceptors (Lipinski definition) is 7. The highest BCUT2D eigenvalue weighted by atomic mass is 16.7. The third-order valence-corrected chi connectivity index (χ3v) is 11.8. The maximum Gasteiger partial charge on any atom is 0.361 e. The van der Waals surface area contributed by atoms with Crippen LogP contribution >= 0.6 is 0 Å². The zero-order valence-corrected chi connectivity index (χ0v) is 43.6. The molecular weight excluding hydrogens is 827 g/mol. The van der Waals surface area contributed by atoms with E-state index in [1.165, 1.54) is 135 Å². The lowest BCUT2D eigenvalue weighted by atomic mass is 10.0. The van der Waals surface area contributed by atoms with E-state index in [4.69, 9.17) is 18.9 Å². The minimum Gasteiger partial charge on any atom is -0.477 e. The number of quaternary nitrogens is 1. The van der Waals surface area contributed by atoms with Crippen molar-refractivity contribution in [1.29, 1.82) is 0 Å². The molecule has 0 aliphatic carbocycles. The number of esters is 2. The molecule has 0 aromatic rings. The van der Waals surface area contributed by atoms with Gasteiger partial charge in [0.25, 0.3) is 6.29 Å². The highest BCUT2D eigenvalue weighted by Gasteiger charge is 2.25. The lowest BCUT2D eigenvalue weighted by Gasteiger charge is -2.25. The van der Waals surface area contributed by atoms with Gasteiger partial charge >= 0.3 is 17.9 Å². The number of carboxylic acids is 1. The first-order chi connectivity index (χ1) is 32.1. The monoisotopic (exact) mass is 931 g/mol. The fraction of sp³-hybridized carbons (Fsp3) is 0.807. The minimum absolute atomic E-state index is 0.185. The number of nitrogens with zero attached hydrogens (tertiary/aromatic N) is 1. The molecule has 2 atom stereocenters. The van der Waals surface area contributed by atoms with E-state index in [0.29, 0.717) is 17.4 Å². The molecule has 0 amide bonds. The van der Waals surface area contributed by atoms with E-state index in [2.05, 4.69) is 62.5 Å². The Bertz CT molecular complexity index is 1220. The Labute approximate surface area is 406 Å². The number of likely N-dealkylation sites (N-methyl/N-ethyl adjacent to an activating group) is 1. The zero-order valence-electron chi connectivity index (χ0n) is 43.6.